The molecule has 0 saturated carbocycles. The van der Waals surface area contributed by atoms with Gasteiger partial charge in [-0.1, -0.05) is 13.0 Å². The lowest BCUT2D eigenvalue weighted by molar-refractivity contribution is -0.533. The molecule has 0 amide bonds. The van der Waals surface area contributed by atoms with Crippen molar-refractivity contribution in [3.63, 3.8) is 0 Å². The second-order valence-corrected chi connectivity index (χ2v) is 8.89. The van der Waals surface area contributed by atoms with Gasteiger partial charge < -0.3 is 28.4 Å². The van der Waals surface area contributed by atoms with Gasteiger partial charge in [0.05, 0.1) is 47.0 Å². The number of ether oxygens (including phenoxy) is 6. The Hall–Kier alpha value is -4.20. The molecule has 0 aliphatic heterocycles. The van der Waals surface area contributed by atoms with Crippen molar-refractivity contribution in [2.24, 2.45) is 0 Å². The lowest BCUT2D eigenvalue weighted by Crippen LogP contribution is -2.40. The summed E-state index contributed by atoms with van der Waals surface area (Å²) >= 11 is 0. The van der Waals surface area contributed by atoms with Crippen LogP contribution in [0.4, 0.5) is 0 Å². The van der Waals surface area contributed by atoms with Gasteiger partial charge in [0.25, 0.3) is 6.04 Å². The maximum Gasteiger partial charge on any atom is 0.303 e. The molecule has 0 aliphatic carbocycles. The van der Waals surface area contributed by atoms with Crippen LogP contribution in [0.25, 0.3) is 0 Å². The Balaban J connectivity index is 2.46. The van der Waals surface area contributed by atoms with Crippen LogP contribution < -0.4 is 23.7 Å². The summed E-state index contributed by atoms with van der Waals surface area (Å²) in [6.45, 7) is 3.05. The van der Waals surface area contributed by atoms with Gasteiger partial charge in [0, 0.05) is 18.3 Å². The quantitative estimate of drug-likeness (QED) is 0.179. The third-order valence-corrected chi connectivity index (χ3v) is 6.80. The molecule has 0 aliphatic rings. The highest BCUT2D eigenvalue weighted by Crippen LogP contribution is 2.44. The van der Waals surface area contributed by atoms with Crippen LogP contribution in [0.1, 0.15) is 44.2 Å². The SMILES string of the molecule is CCC(C#N)(CCC(OC(C)=O)C(Cc1ccc(OC)c(OC)c1)[N+](=O)[O-])c1cc(OC)c(OC)c(OC)c1. The number of esters is 1. The van der Waals surface area contributed by atoms with Gasteiger partial charge in [-0.3, -0.25) is 14.9 Å². The van der Waals surface area contributed by atoms with Gasteiger partial charge in [-0.15, -0.1) is 0 Å². The summed E-state index contributed by atoms with van der Waals surface area (Å²) in [5, 5.41) is 22.6. The van der Waals surface area contributed by atoms with Crippen LogP contribution in [0.15, 0.2) is 30.3 Å². The molecule has 0 bridgehead atoms. The minimum Gasteiger partial charge on any atom is -0.493 e. The van der Waals surface area contributed by atoms with Gasteiger partial charge in [-0.25, -0.2) is 0 Å². The van der Waals surface area contributed by atoms with Gasteiger partial charge in [-0.2, -0.15) is 5.26 Å². The normalized spacial score (nSPS) is 13.7. The number of carbonyl (C=O) groups excluding carboxylic acids is 1. The number of nitriles is 1. The Morgan fingerprint density at radius 3 is 2.00 bits per heavy atom. The molecule has 0 spiro atoms. The van der Waals surface area contributed by atoms with Crippen LogP contribution in [-0.4, -0.2) is 58.6 Å². The molecular weight excluding hydrogens is 508 g/mol. The van der Waals surface area contributed by atoms with Crippen molar-refractivity contribution in [1.29, 1.82) is 5.26 Å². The molecule has 0 fully saturated rings. The number of carbonyl (C=O) groups is 1. The van der Waals surface area contributed by atoms with Crippen molar-refractivity contribution in [3.05, 3.63) is 51.6 Å². The second kappa shape index (κ2) is 14.1. The Labute approximate surface area is 228 Å². The fourth-order valence-corrected chi connectivity index (χ4v) is 4.60. The number of hydrogen-bond acceptors (Lipinski definition) is 10. The predicted molar refractivity (Wildman–Crippen MR) is 143 cm³/mol. The van der Waals surface area contributed by atoms with E-state index in [1.165, 1.54) is 42.5 Å². The smallest absolute Gasteiger partial charge is 0.303 e. The molecule has 212 valence electrons. The van der Waals surface area contributed by atoms with Crippen LogP contribution in [0.3, 0.4) is 0 Å². The fraction of sp³-hybridized carbons (Fsp3) is 0.500. The predicted octanol–water partition coefficient (Wildman–Crippen LogP) is 4.50. The van der Waals surface area contributed by atoms with Crippen molar-refractivity contribution in [2.45, 2.75) is 57.1 Å². The molecule has 2 rings (SSSR count). The number of methoxy groups -OCH3 is 5. The van der Waals surface area contributed by atoms with Gasteiger partial charge in [0.1, 0.15) is 0 Å². The van der Waals surface area contributed by atoms with Gasteiger partial charge in [-0.05, 0) is 54.7 Å². The molecule has 39 heavy (non-hydrogen) atoms. The van der Waals surface area contributed by atoms with E-state index >= 15 is 0 Å². The van der Waals surface area contributed by atoms with E-state index in [4.69, 9.17) is 28.4 Å². The summed E-state index contributed by atoms with van der Waals surface area (Å²) in [7, 11) is 7.42. The molecule has 2 aromatic carbocycles. The molecule has 0 N–H and O–H groups in total. The maximum absolute atomic E-state index is 12.2. The highest BCUT2D eigenvalue weighted by molar-refractivity contribution is 5.66. The van der Waals surface area contributed by atoms with Crippen molar-refractivity contribution in [2.75, 3.05) is 35.5 Å². The molecule has 3 unspecified atom stereocenters. The van der Waals surface area contributed by atoms with E-state index in [0.717, 1.165) is 0 Å². The summed E-state index contributed by atoms with van der Waals surface area (Å²) in [5.74, 6) is 1.42. The van der Waals surface area contributed by atoms with Crippen LogP contribution in [0.5, 0.6) is 28.7 Å². The first-order valence-electron chi connectivity index (χ1n) is 12.4. The van der Waals surface area contributed by atoms with E-state index in [1.807, 2.05) is 6.92 Å². The Bertz CT molecular complexity index is 1170. The highest BCUT2D eigenvalue weighted by Gasteiger charge is 2.39. The standard InChI is InChI=1S/C28H36N2O9/c1-8-28(17-29,20-15-25(36-5)27(38-7)26(16-20)37-6)12-11-22(39-18(2)31)21(30(32)33)13-19-9-10-23(34-3)24(14-19)35-4/h9-10,14-16,21-22H,8,11-13H2,1-7H3. The zero-order chi connectivity index (χ0) is 29.2. The molecule has 2 aromatic rings. The first kappa shape index (κ1) is 31.0. The topological polar surface area (TPSA) is 139 Å². The minimum atomic E-state index is -1.26. The van der Waals surface area contributed by atoms with Crippen molar-refractivity contribution in [3.8, 4) is 34.8 Å². The van der Waals surface area contributed by atoms with Crippen molar-refractivity contribution < 1.29 is 38.1 Å². The summed E-state index contributed by atoms with van der Waals surface area (Å²) in [5.41, 5.74) is 0.134. The molecule has 0 radical (unpaired) electrons. The van der Waals surface area contributed by atoms with Crippen LogP contribution >= 0.6 is 0 Å². The zero-order valence-corrected chi connectivity index (χ0v) is 23.4. The van der Waals surface area contributed by atoms with Crippen LogP contribution in [-0.2, 0) is 21.4 Å². The molecule has 3 atom stereocenters. The highest BCUT2D eigenvalue weighted by atomic mass is 16.6. The van der Waals surface area contributed by atoms with E-state index in [0.29, 0.717) is 46.3 Å². The average Bonchev–Trinajstić information content (AvgIpc) is 2.94. The second-order valence-electron chi connectivity index (χ2n) is 8.89. The first-order chi connectivity index (χ1) is 18.6. The largest absolute Gasteiger partial charge is 0.493 e. The Kier molecular flexibility index (Phi) is 11.2. The first-order valence-corrected chi connectivity index (χ1v) is 12.4. The van der Waals surface area contributed by atoms with E-state index in [9.17, 15) is 20.2 Å². The average molecular weight is 545 g/mol. The third kappa shape index (κ3) is 7.22. The summed E-state index contributed by atoms with van der Waals surface area (Å²) < 4.78 is 32.4. The number of nitrogens with zero attached hydrogens (tertiary/aromatic N) is 2. The van der Waals surface area contributed by atoms with E-state index in [2.05, 4.69) is 6.07 Å². The number of nitro groups is 1. The van der Waals surface area contributed by atoms with E-state index in [1.54, 1.807) is 30.3 Å². The minimum absolute atomic E-state index is 0.0266. The maximum atomic E-state index is 12.2. The molecule has 0 aromatic heterocycles. The lowest BCUT2D eigenvalue weighted by atomic mass is 9.74. The lowest BCUT2D eigenvalue weighted by Gasteiger charge is -2.29. The zero-order valence-electron chi connectivity index (χ0n) is 23.4. The van der Waals surface area contributed by atoms with Gasteiger partial charge in [0.15, 0.2) is 29.1 Å². The molecule has 0 saturated heterocycles. The Morgan fingerprint density at radius 1 is 0.974 bits per heavy atom. The molecule has 11 heteroatoms. The summed E-state index contributed by atoms with van der Waals surface area (Å²) in [6.07, 6.45) is -0.495. The monoisotopic (exact) mass is 544 g/mol. The Morgan fingerprint density at radius 2 is 1.56 bits per heavy atom. The van der Waals surface area contributed by atoms with E-state index in [-0.39, 0.29) is 19.3 Å². The molecule has 0 heterocycles. The fourth-order valence-electron chi connectivity index (χ4n) is 4.60. The van der Waals surface area contributed by atoms with Crippen LogP contribution in [0.2, 0.25) is 0 Å². The summed E-state index contributed by atoms with van der Waals surface area (Å²) in [4.78, 5) is 23.8. The van der Waals surface area contributed by atoms with Crippen molar-refractivity contribution in [1.82, 2.24) is 0 Å². The third-order valence-electron chi connectivity index (χ3n) is 6.80. The summed E-state index contributed by atoms with van der Waals surface area (Å²) in [6, 6.07) is 9.53. The van der Waals surface area contributed by atoms with Gasteiger partial charge in [0.2, 0.25) is 5.75 Å². The van der Waals surface area contributed by atoms with Gasteiger partial charge >= 0.3 is 5.97 Å². The molecule has 11 nitrogen and oxygen atoms in total. The van der Waals surface area contributed by atoms with Crippen LogP contribution in [0, 0.1) is 21.4 Å². The number of benzene rings is 2. The molecular formula is C28H36N2O9. The number of hydrogen-bond donors (Lipinski definition) is 0. The van der Waals surface area contributed by atoms with Crippen molar-refractivity contribution >= 4 is 5.97 Å². The van der Waals surface area contributed by atoms with E-state index < -0.39 is 28.5 Å². The number of rotatable bonds is 15.